The van der Waals surface area contributed by atoms with E-state index < -0.39 is 17.8 Å². The van der Waals surface area contributed by atoms with Crippen LogP contribution in [0, 0.1) is 5.82 Å². The number of nitrogens with zero attached hydrogens (tertiary/aromatic N) is 1. The minimum atomic E-state index is -0.853. The van der Waals surface area contributed by atoms with Crippen molar-refractivity contribution < 1.29 is 19.0 Å². The molecule has 1 atom stereocenters. The van der Waals surface area contributed by atoms with Crippen LogP contribution in [0.1, 0.15) is 18.9 Å². The highest BCUT2D eigenvalue weighted by Gasteiger charge is 2.20. The summed E-state index contributed by atoms with van der Waals surface area (Å²) < 4.78 is 18.1. The fourth-order valence-corrected chi connectivity index (χ4v) is 1.88. The molecule has 0 heterocycles. The van der Waals surface area contributed by atoms with Crippen molar-refractivity contribution in [2.24, 2.45) is 0 Å². The second kappa shape index (κ2) is 6.35. The summed E-state index contributed by atoms with van der Waals surface area (Å²) in [5.74, 6) is -1.10. The van der Waals surface area contributed by atoms with Crippen LogP contribution >= 0.6 is 0 Å². The number of carboxylic acids is 1. The van der Waals surface area contributed by atoms with E-state index in [2.05, 4.69) is 0 Å². The maximum absolute atomic E-state index is 13.2. The molecule has 1 N–H and O–H groups in total. The zero-order chi connectivity index (χ0) is 13.7. The van der Waals surface area contributed by atoms with Crippen molar-refractivity contribution in [3.05, 3.63) is 29.6 Å². The van der Waals surface area contributed by atoms with Gasteiger partial charge in [-0.25, -0.2) is 4.39 Å². The molecule has 0 amide bonds. The van der Waals surface area contributed by atoms with Gasteiger partial charge in [-0.1, -0.05) is 13.0 Å². The van der Waals surface area contributed by atoms with E-state index in [9.17, 15) is 9.18 Å². The molecule has 0 saturated carbocycles. The predicted octanol–water partition coefficient (Wildman–Crippen LogP) is 2.13. The first-order valence-corrected chi connectivity index (χ1v) is 5.75. The molecular weight excluding hydrogens is 237 g/mol. The number of methoxy groups -OCH3 is 1. The van der Waals surface area contributed by atoms with Crippen molar-refractivity contribution in [3.63, 3.8) is 0 Å². The summed E-state index contributed by atoms with van der Waals surface area (Å²) in [5.41, 5.74) is 0.815. The fourth-order valence-electron chi connectivity index (χ4n) is 1.88. The Morgan fingerprint density at radius 2 is 2.22 bits per heavy atom. The zero-order valence-corrected chi connectivity index (χ0v) is 10.8. The Bertz CT molecular complexity index is 423. The summed E-state index contributed by atoms with van der Waals surface area (Å²) in [5, 5.41) is 9.04. The molecule has 0 radical (unpaired) electrons. The molecule has 0 spiro atoms. The van der Waals surface area contributed by atoms with Gasteiger partial charge < -0.3 is 9.84 Å². The molecule has 0 aliphatic rings. The number of aliphatic carboxylic acids is 1. The van der Waals surface area contributed by atoms with Crippen molar-refractivity contribution in [1.29, 1.82) is 0 Å². The van der Waals surface area contributed by atoms with Gasteiger partial charge in [-0.05, 0) is 31.2 Å². The van der Waals surface area contributed by atoms with Gasteiger partial charge in [0.15, 0.2) is 11.6 Å². The SMILES string of the molecule is CC[C@H](C(=O)O)N(C)Cc1ccc(F)c(OC)c1. The van der Waals surface area contributed by atoms with Gasteiger partial charge in [0.25, 0.3) is 0 Å². The van der Waals surface area contributed by atoms with E-state index in [1.54, 1.807) is 24.1 Å². The van der Waals surface area contributed by atoms with Crippen LogP contribution in [0.2, 0.25) is 0 Å². The number of likely N-dealkylation sites (N-methyl/N-ethyl adjacent to an activating group) is 1. The van der Waals surface area contributed by atoms with E-state index in [4.69, 9.17) is 9.84 Å². The standard InChI is InChI=1S/C13H18FNO3/c1-4-11(13(16)17)15(2)8-9-5-6-10(14)12(7-9)18-3/h5-7,11H,4,8H2,1-3H3,(H,16,17)/t11-/m1/s1. The zero-order valence-electron chi connectivity index (χ0n) is 10.8. The van der Waals surface area contributed by atoms with E-state index in [0.29, 0.717) is 13.0 Å². The number of carboxylic acid groups (broad SMARTS) is 1. The van der Waals surface area contributed by atoms with Crippen LogP contribution in [0.15, 0.2) is 18.2 Å². The summed E-state index contributed by atoms with van der Waals surface area (Å²) >= 11 is 0. The van der Waals surface area contributed by atoms with Gasteiger partial charge in [-0.3, -0.25) is 9.69 Å². The van der Waals surface area contributed by atoms with Crippen LogP contribution < -0.4 is 4.74 Å². The number of halogens is 1. The lowest BCUT2D eigenvalue weighted by Gasteiger charge is -2.23. The highest BCUT2D eigenvalue weighted by atomic mass is 19.1. The second-order valence-electron chi connectivity index (χ2n) is 4.15. The van der Waals surface area contributed by atoms with E-state index >= 15 is 0 Å². The summed E-state index contributed by atoms with van der Waals surface area (Å²) in [6.07, 6.45) is 0.518. The van der Waals surface area contributed by atoms with Crippen LogP contribution in [0.4, 0.5) is 4.39 Å². The molecule has 1 rings (SSSR count). The number of ether oxygens (including phenoxy) is 1. The first kappa shape index (κ1) is 14.4. The second-order valence-corrected chi connectivity index (χ2v) is 4.15. The van der Waals surface area contributed by atoms with Crippen LogP contribution in [0.5, 0.6) is 5.75 Å². The van der Waals surface area contributed by atoms with Crippen LogP contribution in [0.3, 0.4) is 0 Å². The van der Waals surface area contributed by atoms with Gasteiger partial charge in [-0.2, -0.15) is 0 Å². The lowest BCUT2D eigenvalue weighted by atomic mass is 10.1. The van der Waals surface area contributed by atoms with Gasteiger partial charge in [-0.15, -0.1) is 0 Å². The highest BCUT2D eigenvalue weighted by molar-refractivity contribution is 5.73. The van der Waals surface area contributed by atoms with Crippen molar-refractivity contribution in [3.8, 4) is 5.75 Å². The molecule has 5 heteroatoms. The summed E-state index contributed by atoms with van der Waals surface area (Å²) in [6, 6.07) is 3.99. The smallest absolute Gasteiger partial charge is 0.320 e. The van der Waals surface area contributed by atoms with Crippen molar-refractivity contribution in [1.82, 2.24) is 4.90 Å². The Balaban J connectivity index is 2.81. The monoisotopic (exact) mass is 255 g/mol. The molecule has 18 heavy (non-hydrogen) atoms. The Morgan fingerprint density at radius 1 is 1.56 bits per heavy atom. The largest absolute Gasteiger partial charge is 0.494 e. The predicted molar refractivity (Wildman–Crippen MR) is 66.1 cm³/mol. The third-order valence-electron chi connectivity index (χ3n) is 2.85. The van der Waals surface area contributed by atoms with E-state index in [0.717, 1.165) is 5.56 Å². The minimum absolute atomic E-state index is 0.171. The Hall–Kier alpha value is -1.62. The summed E-state index contributed by atoms with van der Waals surface area (Å²) in [7, 11) is 3.14. The van der Waals surface area contributed by atoms with Gasteiger partial charge in [0, 0.05) is 6.54 Å². The van der Waals surface area contributed by atoms with E-state index in [1.807, 2.05) is 6.92 Å². The lowest BCUT2D eigenvalue weighted by molar-refractivity contribution is -0.143. The topological polar surface area (TPSA) is 49.8 Å². The number of benzene rings is 1. The van der Waals surface area contributed by atoms with Crippen molar-refractivity contribution in [2.75, 3.05) is 14.2 Å². The van der Waals surface area contributed by atoms with Gasteiger partial charge in [0.05, 0.1) is 7.11 Å². The van der Waals surface area contributed by atoms with Crippen molar-refractivity contribution >= 4 is 5.97 Å². The first-order valence-electron chi connectivity index (χ1n) is 5.75. The Labute approximate surface area is 106 Å². The quantitative estimate of drug-likeness (QED) is 0.846. The third-order valence-corrected chi connectivity index (χ3v) is 2.85. The maximum atomic E-state index is 13.2. The van der Waals surface area contributed by atoms with Gasteiger partial charge >= 0.3 is 5.97 Å². The molecule has 0 unspecified atom stereocenters. The highest BCUT2D eigenvalue weighted by Crippen LogP contribution is 2.19. The summed E-state index contributed by atoms with van der Waals surface area (Å²) in [4.78, 5) is 12.7. The van der Waals surface area contributed by atoms with E-state index in [1.165, 1.54) is 13.2 Å². The van der Waals surface area contributed by atoms with E-state index in [-0.39, 0.29) is 5.75 Å². The maximum Gasteiger partial charge on any atom is 0.320 e. The number of hydrogen-bond acceptors (Lipinski definition) is 3. The average molecular weight is 255 g/mol. The fraction of sp³-hybridized carbons (Fsp3) is 0.462. The first-order chi connectivity index (χ1) is 8.49. The molecule has 0 saturated heterocycles. The normalized spacial score (nSPS) is 12.5. The number of carbonyl (C=O) groups is 1. The molecule has 0 aliphatic carbocycles. The Kier molecular flexibility index (Phi) is 5.09. The molecule has 0 bridgehead atoms. The summed E-state index contributed by atoms with van der Waals surface area (Å²) in [6.45, 7) is 2.25. The molecule has 4 nitrogen and oxygen atoms in total. The van der Waals surface area contributed by atoms with Gasteiger partial charge in [0.2, 0.25) is 0 Å². The molecule has 0 aliphatic heterocycles. The third kappa shape index (κ3) is 3.43. The Morgan fingerprint density at radius 3 is 2.72 bits per heavy atom. The number of hydrogen-bond donors (Lipinski definition) is 1. The van der Waals surface area contributed by atoms with Crippen LogP contribution in [-0.4, -0.2) is 36.2 Å². The average Bonchev–Trinajstić information content (AvgIpc) is 2.32. The molecule has 0 aromatic heterocycles. The van der Waals surface area contributed by atoms with Crippen molar-refractivity contribution in [2.45, 2.75) is 25.9 Å². The molecule has 1 aromatic rings. The lowest BCUT2D eigenvalue weighted by Crippen LogP contribution is -2.37. The molecule has 0 fully saturated rings. The molecular formula is C13H18FNO3. The number of rotatable bonds is 6. The van der Waals surface area contributed by atoms with Crippen LogP contribution in [0.25, 0.3) is 0 Å². The molecule has 100 valence electrons. The minimum Gasteiger partial charge on any atom is -0.494 e. The molecule has 1 aromatic carbocycles. The van der Waals surface area contributed by atoms with Crippen LogP contribution in [-0.2, 0) is 11.3 Å². The van der Waals surface area contributed by atoms with Gasteiger partial charge in [0.1, 0.15) is 6.04 Å².